The molecule has 152 valence electrons. The number of amides is 3. The van der Waals surface area contributed by atoms with E-state index in [1.165, 1.54) is 6.08 Å². The van der Waals surface area contributed by atoms with Gasteiger partial charge in [-0.25, -0.2) is 9.59 Å². The van der Waals surface area contributed by atoms with Crippen LogP contribution in [0.4, 0.5) is 4.79 Å². The van der Waals surface area contributed by atoms with Crippen molar-refractivity contribution in [1.82, 2.24) is 15.2 Å². The second-order valence-electron chi connectivity index (χ2n) is 7.48. The zero-order valence-corrected chi connectivity index (χ0v) is 17.3. The summed E-state index contributed by atoms with van der Waals surface area (Å²) in [5.41, 5.74) is 1.98. The minimum Gasteiger partial charge on any atom is -0.451 e. The van der Waals surface area contributed by atoms with E-state index in [-0.39, 0.29) is 5.57 Å². The Kier molecular flexibility index (Phi) is 7.99. The van der Waals surface area contributed by atoms with E-state index in [1.54, 1.807) is 26.8 Å². The molecule has 0 saturated carbocycles. The zero-order chi connectivity index (χ0) is 21.5. The maximum atomic E-state index is 12.1. The third kappa shape index (κ3) is 6.91. The van der Waals surface area contributed by atoms with E-state index in [0.717, 1.165) is 29.9 Å². The van der Waals surface area contributed by atoms with Crippen LogP contribution in [0.1, 0.15) is 51.1 Å². The van der Waals surface area contributed by atoms with Gasteiger partial charge in [0.2, 0.25) is 0 Å². The predicted molar refractivity (Wildman–Crippen MR) is 105 cm³/mol. The third-order valence-electron chi connectivity index (χ3n) is 3.78. The Bertz CT molecular complexity index is 822. The second-order valence-corrected chi connectivity index (χ2v) is 7.48. The summed E-state index contributed by atoms with van der Waals surface area (Å²) in [5, 5.41) is 13.9. The molecule has 8 nitrogen and oxygen atoms in total. The molecule has 0 fully saturated rings. The minimum atomic E-state index is -0.922. The van der Waals surface area contributed by atoms with Gasteiger partial charge in [-0.1, -0.05) is 6.92 Å². The van der Waals surface area contributed by atoms with Crippen LogP contribution in [-0.2, 0) is 20.9 Å². The number of hydrogen-bond acceptors (Lipinski definition) is 5. The van der Waals surface area contributed by atoms with Gasteiger partial charge < -0.3 is 14.6 Å². The van der Waals surface area contributed by atoms with Crippen LogP contribution in [0.5, 0.6) is 0 Å². The number of nitrogens with zero attached hydrogens (tertiary/aromatic N) is 2. The van der Waals surface area contributed by atoms with Crippen molar-refractivity contribution in [2.24, 2.45) is 0 Å². The summed E-state index contributed by atoms with van der Waals surface area (Å²) < 4.78 is 6.96. The van der Waals surface area contributed by atoms with Crippen molar-refractivity contribution in [2.75, 3.05) is 6.61 Å². The molecule has 0 aliphatic carbocycles. The molecule has 0 aliphatic rings. The lowest BCUT2D eigenvalue weighted by Gasteiger charge is -2.20. The molecule has 1 aromatic rings. The highest BCUT2D eigenvalue weighted by molar-refractivity contribution is 6.00. The van der Waals surface area contributed by atoms with Gasteiger partial charge in [-0.15, -0.1) is 0 Å². The van der Waals surface area contributed by atoms with Crippen LogP contribution in [0, 0.1) is 25.2 Å². The number of carbonyl (C=O) groups is 3. The molecule has 0 spiro atoms. The van der Waals surface area contributed by atoms with E-state index in [0.29, 0.717) is 0 Å². The summed E-state index contributed by atoms with van der Waals surface area (Å²) in [6.07, 6.45) is 2.41. The molecule has 0 aliphatic heterocycles. The Morgan fingerprint density at radius 3 is 2.46 bits per heavy atom. The van der Waals surface area contributed by atoms with Crippen molar-refractivity contribution in [1.29, 1.82) is 5.26 Å². The first kappa shape index (κ1) is 23.0. The molecule has 3 amide bonds. The van der Waals surface area contributed by atoms with E-state index < -0.39 is 30.1 Å². The van der Waals surface area contributed by atoms with Gasteiger partial charge in [-0.3, -0.25) is 10.1 Å². The molecule has 1 aromatic heterocycles. The van der Waals surface area contributed by atoms with Crippen molar-refractivity contribution in [3.8, 4) is 6.07 Å². The van der Waals surface area contributed by atoms with Gasteiger partial charge in [-0.05, 0) is 58.7 Å². The third-order valence-corrected chi connectivity index (χ3v) is 3.78. The van der Waals surface area contributed by atoms with Crippen LogP contribution in [0.3, 0.4) is 0 Å². The van der Waals surface area contributed by atoms with Gasteiger partial charge in [0.15, 0.2) is 6.61 Å². The summed E-state index contributed by atoms with van der Waals surface area (Å²) in [6, 6.07) is 3.00. The first-order valence-corrected chi connectivity index (χ1v) is 9.06. The Balaban J connectivity index is 2.76. The van der Waals surface area contributed by atoms with Crippen molar-refractivity contribution in [2.45, 2.75) is 60.0 Å². The number of hydrogen-bond donors (Lipinski definition) is 2. The Hall–Kier alpha value is -3.08. The van der Waals surface area contributed by atoms with E-state index in [4.69, 9.17) is 4.74 Å². The predicted octanol–water partition coefficient (Wildman–Crippen LogP) is 2.59. The van der Waals surface area contributed by atoms with Gasteiger partial charge in [0.25, 0.3) is 5.91 Å². The van der Waals surface area contributed by atoms with Gasteiger partial charge in [0.1, 0.15) is 11.6 Å². The summed E-state index contributed by atoms with van der Waals surface area (Å²) in [5.74, 6) is -1.71. The van der Waals surface area contributed by atoms with Crippen molar-refractivity contribution >= 4 is 24.0 Å². The lowest BCUT2D eigenvalue weighted by atomic mass is 10.1. The molecule has 0 saturated heterocycles. The fourth-order valence-corrected chi connectivity index (χ4v) is 2.58. The fraction of sp³-hybridized carbons (Fsp3) is 0.500. The SMILES string of the molecule is CCCn1c(C)cc(/C=C(\C#N)C(=O)OCC(=O)NC(=O)NC(C)(C)C)c1C. The van der Waals surface area contributed by atoms with Crippen LogP contribution in [0.15, 0.2) is 11.6 Å². The quantitative estimate of drug-likeness (QED) is 0.442. The molecule has 0 atom stereocenters. The number of imide groups is 1. The Morgan fingerprint density at radius 2 is 1.93 bits per heavy atom. The summed E-state index contributed by atoms with van der Waals surface area (Å²) in [4.78, 5) is 35.5. The number of carbonyl (C=O) groups excluding carboxylic acids is 3. The number of rotatable bonds is 6. The van der Waals surface area contributed by atoms with Gasteiger partial charge in [0.05, 0.1) is 0 Å². The lowest BCUT2D eigenvalue weighted by Crippen LogP contribution is -2.49. The van der Waals surface area contributed by atoms with Crippen LogP contribution in [-0.4, -0.2) is 34.6 Å². The lowest BCUT2D eigenvalue weighted by molar-refractivity contribution is -0.144. The number of aromatic nitrogens is 1. The highest BCUT2D eigenvalue weighted by Gasteiger charge is 2.18. The average Bonchev–Trinajstić information content (AvgIpc) is 2.83. The molecular formula is C20H28N4O4. The monoisotopic (exact) mass is 388 g/mol. The van der Waals surface area contributed by atoms with Gasteiger partial charge in [0, 0.05) is 23.5 Å². The first-order valence-electron chi connectivity index (χ1n) is 9.06. The minimum absolute atomic E-state index is 0.219. The standard InChI is InChI=1S/C20H28N4O4/c1-7-8-24-13(2)9-15(14(24)3)10-16(11-21)18(26)28-12-17(25)22-19(27)23-20(4,5)6/h9-10H,7-8,12H2,1-6H3,(H2,22,23,25,27)/b16-10+. The van der Waals surface area contributed by atoms with Crippen LogP contribution in [0.25, 0.3) is 6.08 Å². The molecule has 1 rings (SSSR count). The molecule has 0 aromatic carbocycles. The highest BCUT2D eigenvalue weighted by Crippen LogP contribution is 2.19. The molecule has 0 radical (unpaired) electrons. The van der Waals surface area contributed by atoms with Gasteiger partial charge in [-0.2, -0.15) is 5.26 Å². The fourth-order valence-electron chi connectivity index (χ4n) is 2.58. The van der Waals surface area contributed by atoms with Crippen LogP contribution >= 0.6 is 0 Å². The van der Waals surface area contributed by atoms with E-state index >= 15 is 0 Å². The number of urea groups is 1. The van der Waals surface area contributed by atoms with Gasteiger partial charge >= 0.3 is 12.0 Å². The van der Waals surface area contributed by atoms with E-state index in [2.05, 4.69) is 22.1 Å². The largest absolute Gasteiger partial charge is 0.451 e. The zero-order valence-electron chi connectivity index (χ0n) is 17.3. The van der Waals surface area contributed by atoms with Crippen LogP contribution in [0.2, 0.25) is 0 Å². The van der Waals surface area contributed by atoms with Crippen molar-refractivity contribution < 1.29 is 19.1 Å². The van der Waals surface area contributed by atoms with E-state index in [1.807, 2.05) is 19.9 Å². The normalized spacial score (nSPS) is 11.5. The first-order chi connectivity index (χ1) is 13.0. The average molecular weight is 388 g/mol. The molecule has 1 heterocycles. The Labute approximate surface area is 165 Å². The van der Waals surface area contributed by atoms with Crippen molar-refractivity contribution in [3.05, 3.63) is 28.6 Å². The number of nitrogens with one attached hydrogen (secondary N) is 2. The summed E-state index contributed by atoms with van der Waals surface area (Å²) in [6.45, 7) is 11.4. The molecule has 8 heteroatoms. The molecule has 2 N–H and O–H groups in total. The number of esters is 1. The number of aryl methyl sites for hydroxylation is 1. The maximum Gasteiger partial charge on any atom is 0.349 e. The molecule has 0 unspecified atom stereocenters. The number of nitriles is 1. The van der Waals surface area contributed by atoms with Crippen molar-refractivity contribution in [3.63, 3.8) is 0 Å². The topological polar surface area (TPSA) is 113 Å². The Morgan fingerprint density at radius 1 is 1.29 bits per heavy atom. The van der Waals surface area contributed by atoms with E-state index in [9.17, 15) is 19.6 Å². The maximum absolute atomic E-state index is 12.1. The van der Waals surface area contributed by atoms with Crippen LogP contribution < -0.4 is 10.6 Å². The number of ether oxygens (including phenoxy) is 1. The molecule has 0 bridgehead atoms. The summed E-state index contributed by atoms with van der Waals surface area (Å²) in [7, 11) is 0. The summed E-state index contributed by atoms with van der Waals surface area (Å²) >= 11 is 0. The highest BCUT2D eigenvalue weighted by atomic mass is 16.5. The smallest absolute Gasteiger partial charge is 0.349 e. The molecular weight excluding hydrogens is 360 g/mol. The molecule has 28 heavy (non-hydrogen) atoms. The second kappa shape index (κ2) is 9.74.